The number of hydrogen-bond acceptors (Lipinski definition) is 4. The third kappa shape index (κ3) is 2.92. The van der Waals surface area contributed by atoms with Crippen LogP contribution in [0.15, 0.2) is 42.5 Å². The van der Waals surface area contributed by atoms with E-state index in [0.29, 0.717) is 6.61 Å². The van der Waals surface area contributed by atoms with Crippen LogP contribution in [-0.4, -0.2) is 35.8 Å². The summed E-state index contributed by atoms with van der Waals surface area (Å²) < 4.78 is 11.9. The molecule has 23 heavy (non-hydrogen) atoms. The van der Waals surface area contributed by atoms with Crippen molar-refractivity contribution in [1.82, 2.24) is 4.90 Å². The highest BCUT2D eigenvalue weighted by Gasteiger charge is 2.25. The van der Waals surface area contributed by atoms with Crippen LogP contribution in [0.4, 0.5) is 0 Å². The maximum Gasteiger partial charge on any atom is 0.161 e. The Morgan fingerprint density at radius 2 is 1.96 bits per heavy atom. The van der Waals surface area contributed by atoms with Crippen molar-refractivity contribution < 1.29 is 14.6 Å². The van der Waals surface area contributed by atoms with Gasteiger partial charge >= 0.3 is 0 Å². The molecular formula is C19H21NO3. The van der Waals surface area contributed by atoms with Gasteiger partial charge in [0.05, 0.1) is 6.61 Å². The van der Waals surface area contributed by atoms with E-state index < -0.39 is 0 Å². The molecule has 1 N–H and O–H groups in total. The first-order chi connectivity index (χ1) is 11.3. The van der Waals surface area contributed by atoms with Crippen LogP contribution < -0.4 is 9.47 Å². The molecule has 0 saturated carbocycles. The zero-order chi connectivity index (χ0) is 15.6. The maximum atomic E-state index is 9.55. The molecule has 2 aromatic rings. The van der Waals surface area contributed by atoms with E-state index in [1.165, 1.54) is 11.1 Å². The minimum absolute atomic E-state index is 0.0488. The third-order valence-electron chi connectivity index (χ3n) is 4.65. The second kappa shape index (κ2) is 6.22. The summed E-state index contributed by atoms with van der Waals surface area (Å²) in [6.07, 6.45) is 1.07. The lowest BCUT2D eigenvalue weighted by Gasteiger charge is -2.34. The Morgan fingerprint density at radius 3 is 2.83 bits per heavy atom. The number of ether oxygens (including phenoxy) is 2. The van der Waals surface area contributed by atoms with E-state index in [2.05, 4.69) is 11.0 Å². The summed E-state index contributed by atoms with van der Waals surface area (Å²) in [5.41, 5.74) is 3.68. The van der Waals surface area contributed by atoms with Crippen molar-refractivity contribution in [2.45, 2.75) is 25.7 Å². The van der Waals surface area contributed by atoms with Gasteiger partial charge in [-0.2, -0.15) is 0 Å². The zero-order valence-corrected chi connectivity index (χ0v) is 13.1. The SMILES string of the molecule is OCc1cccc2c1CN(CC1COc3ccccc3O1)CC2. The minimum atomic E-state index is 0.0488. The van der Waals surface area contributed by atoms with E-state index in [1.54, 1.807) is 0 Å². The van der Waals surface area contributed by atoms with Crippen LogP contribution >= 0.6 is 0 Å². The fourth-order valence-electron chi connectivity index (χ4n) is 3.45. The number of rotatable bonds is 3. The topological polar surface area (TPSA) is 41.9 Å². The predicted molar refractivity (Wildman–Crippen MR) is 87.7 cm³/mol. The average Bonchev–Trinajstić information content (AvgIpc) is 2.61. The monoisotopic (exact) mass is 311 g/mol. The Balaban J connectivity index is 1.45. The summed E-state index contributed by atoms with van der Waals surface area (Å²) in [5, 5.41) is 9.55. The van der Waals surface area contributed by atoms with Gasteiger partial charge in [-0.05, 0) is 35.2 Å². The van der Waals surface area contributed by atoms with Gasteiger partial charge < -0.3 is 14.6 Å². The number of nitrogens with zero attached hydrogens (tertiary/aromatic N) is 1. The zero-order valence-electron chi connectivity index (χ0n) is 13.1. The number of hydrogen-bond donors (Lipinski definition) is 1. The van der Waals surface area contributed by atoms with Gasteiger partial charge in [-0.25, -0.2) is 0 Å². The van der Waals surface area contributed by atoms with Crippen LogP contribution in [0, 0.1) is 0 Å². The van der Waals surface area contributed by atoms with Crippen molar-refractivity contribution in [2.75, 3.05) is 19.7 Å². The molecule has 2 heterocycles. The Kier molecular flexibility index (Phi) is 3.93. The van der Waals surface area contributed by atoms with Crippen LogP contribution in [0.5, 0.6) is 11.5 Å². The number of benzene rings is 2. The highest BCUT2D eigenvalue weighted by Crippen LogP contribution is 2.31. The molecule has 0 aliphatic carbocycles. The predicted octanol–water partition coefficient (Wildman–Crippen LogP) is 2.38. The van der Waals surface area contributed by atoms with Crippen LogP contribution in [0.3, 0.4) is 0 Å². The van der Waals surface area contributed by atoms with Gasteiger partial charge in [-0.1, -0.05) is 30.3 Å². The summed E-state index contributed by atoms with van der Waals surface area (Å²) >= 11 is 0. The Morgan fingerprint density at radius 1 is 1.09 bits per heavy atom. The van der Waals surface area contributed by atoms with Gasteiger partial charge in [0.15, 0.2) is 11.5 Å². The highest BCUT2D eigenvalue weighted by atomic mass is 16.6. The van der Waals surface area contributed by atoms with Gasteiger partial charge in [0, 0.05) is 19.6 Å². The van der Waals surface area contributed by atoms with Crippen molar-refractivity contribution in [2.24, 2.45) is 0 Å². The lowest BCUT2D eigenvalue weighted by molar-refractivity contribution is 0.0547. The molecule has 2 aliphatic heterocycles. The quantitative estimate of drug-likeness (QED) is 0.945. The van der Waals surface area contributed by atoms with Crippen LogP contribution in [-0.2, 0) is 19.6 Å². The van der Waals surface area contributed by atoms with Crippen LogP contribution in [0.2, 0.25) is 0 Å². The van der Waals surface area contributed by atoms with Crippen molar-refractivity contribution in [1.29, 1.82) is 0 Å². The van der Waals surface area contributed by atoms with E-state index in [4.69, 9.17) is 9.47 Å². The molecule has 0 bridgehead atoms. The standard InChI is InChI=1S/C19H21NO3/c21-12-15-5-3-4-14-8-9-20(11-17(14)15)10-16-13-22-18-6-1-2-7-19(18)23-16/h1-7,16,21H,8-13H2. The van der Waals surface area contributed by atoms with Gasteiger partial charge in [0.25, 0.3) is 0 Å². The van der Waals surface area contributed by atoms with E-state index in [-0.39, 0.29) is 12.7 Å². The number of para-hydroxylation sites is 2. The van der Waals surface area contributed by atoms with Crippen molar-refractivity contribution >= 4 is 0 Å². The Labute approximate surface area is 136 Å². The van der Waals surface area contributed by atoms with Crippen LogP contribution in [0.25, 0.3) is 0 Å². The molecular weight excluding hydrogens is 290 g/mol. The summed E-state index contributed by atoms with van der Waals surface area (Å²) in [5.74, 6) is 1.66. The number of aliphatic hydroxyl groups is 1. The fraction of sp³-hybridized carbons (Fsp3) is 0.368. The molecule has 2 aromatic carbocycles. The molecule has 0 saturated heterocycles. The molecule has 1 unspecified atom stereocenters. The van der Waals surface area contributed by atoms with Gasteiger partial charge in [-0.3, -0.25) is 4.90 Å². The molecule has 1 atom stereocenters. The number of aliphatic hydroxyl groups excluding tert-OH is 1. The fourth-order valence-corrected chi connectivity index (χ4v) is 3.45. The molecule has 0 aromatic heterocycles. The molecule has 120 valence electrons. The number of fused-ring (bicyclic) bond motifs is 2. The molecule has 0 spiro atoms. The Hall–Kier alpha value is -2.04. The summed E-state index contributed by atoms with van der Waals surface area (Å²) in [7, 11) is 0. The van der Waals surface area contributed by atoms with E-state index >= 15 is 0 Å². The summed E-state index contributed by atoms with van der Waals surface area (Å²) in [6.45, 7) is 3.42. The molecule has 0 amide bonds. The normalized spacial score (nSPS) is 20.1. The average molecular weight is 311 g/mol. The van der Waals surface area contributed by atoms with Gasteiger partial charge in [0.1, 0.15) is 12.7 Å². The summed E-state index contributed by atoms with van der Waals surface area (Å²) in [6, 6.07) is 14.0. The first-order valence-corrected chi connectivity index (χ1v) is 8.15. The van der Waals surface area contributed by atoms with Gasteiger partial charge in [-0.15, -0.1) is 0 Å². The van der Waals surface area contributed by atoms with Crippen LogP contribution in [0.1, 0.15) is 16.7 Å². The largest absolute Gasteiger partial charge is 0.486 e. The van der Waals surface area contributed by atoms with E-state index in [9.17, 15) is 5.11 Å². The first-order valence-electron chi connectivity index (χ1n) is 8.15. The first kappa shape index (κ1) is 14.5. The van der Waals surface area contributed by atoms with Crippen molar-refractivity contribution in [3.63, 3.8) is 0 Å². The van der Waals surface area contributed by atoms with Gasteiger partial charge in [0.2, 0.25) is 0 Å². The third-order valence-corrected chi connectivity index (χ3v) is 4.65. The molecule has 2 aliphatic rings. The van der Waals surface area contributed by atoms with E-state index in [0.717, 1.165) is 43.1 Å². The lowest BCUT2D eigenvalue weighted by atomic mass is 9.95. The molecule has 0 radical (unpaired) electrons. The maximum absolute atomic E-state index is 9.55. The molecule has 4 heteroatoms. The van der Waals surface area contributed by atoms with Crippen molar-refractivity contribution in [3.8, 4) is 11.5 Å². The lowest BCUT2D eigenvalue weighted by Crippen LogP contribution is -2.43. The van der Waals surface area contributed by atoms with Crippen molar-refractivity contribution in [3.05, 3.63) is 59.2 Å². The summed E-state index contributed by atoms with van der Waals surface area (Å²) in [4.78, 5) is 2.39. The molecule has 0 fully saturated rings. The smallest absolute Gasteiger partial charge is 0.161 e. The minimum Gasteiger partial charge on any atom is -0.486 e. The van der Waals surface area contributed by atoms with E-state index in [1.807, 2.05) is 36.4 Å². The second-order valence-corrected chi connectivity index (χ2v) is 6.20. The second-order valence-electron chi connectivity index (χ2n) is 6.20. The Bertz CT molecular complexity index is 687. The molecule has 4 nitrogen and oxygen atoms in total. The highest BCUT2D eigenvalue weighted by molar-refractivity contribution is 5.41. The molecule has 4 rings (SSSR count).